The number of aromatic nitrogens is 2. The van der Waals surface area contributed by atoms with Gasteiger partial charge in [0.15, 0.2) is 5.82 Å². The number of nitrogens with one attached hydrogen (secondary N) is 1. The van der Waals surface area contributed by atoms with E-state index in [4.69, 9.17) is 9.47 Å². The lowest BCUT2D eigenvalue weighted by molar-refractivity contribution is 0.0954. The van der Waals surface area contributed by atoms with E-state index in [1.165, 1.54) is 36.2 Å². The molecule has 1 saturated heterocycles. The minimum absolute atomic E-state index is 0.103. The molecule has 170 valence electrons. The van der Waals surface area contributed by atoms with E-state index in [9.17, 15) is 4.79 Å². The Morgan fingerprint density at radius 1 is 1.12 bits per heavy atom. The molecule has 1 amide bonds. The van der Waals surface area contributed by atoms with Crippen LogP contribution in [0.3, 0.4) is 0 Å². The van der Waals surface area contributed by atoms with Gasteiger partial charge < -0.3 is 14.8 Å². The van der Waals surface area contributed by atoms with Gasteiger partial charge in [-0.15, -0.1) is 11.3 Å². The largest absolute Gasteiger partial charge is 0.480 e. The highest BCUT2D eigenvalue weighted by molar-refractivity contribution is 7.20. The number of benzene rings is 1. The number of carbonyl (C=O) groups excluding carboxylic acids is 1. The number of likely N-dealkylation sites (tertiary alicyclic amines) is 1. The van der Waals surface area contributed by atoms with Crippen LogP contribution in [0.4, 0.5) is 0 Å². The number of piperidine rings is 1. The van der Waals surface area contributed by atoms with E-state index in [-0.39, 0.29) is 5.91 Å². The maximum Gasteiger partial charge on any atom is 0.261 e. The maximum atomic E-state index is 13.1. The van der Waals surface area contributed by atoms with Crippen LogP contribution in [-0.4, -0.2) is 48.1 Å². The summed E-state index contributed by atoms with van der Waals surface area (Å²) in [5.74, 6) is 0.909. The molecule has 1 aliphatic rings. The number of amides is 1. The summed E-state index contributed by atoms with van der Waals surface area (Å²) in [5.41, 5.74) is 3.27. The zero-order valence-electron chi connectivity index (χ0n) is 18.9. The zero-order valence-corrected chi connectivity index (χ0v) is 19.8. The van der Waals surface area contributed by atoms with Gasteiger partial charge in [-0.3, -0.25) is 9.69 Å². The second-order valence-electron chi connectivity index (χ2n) is 8.11. The van der Waals surface area contributed by atoms with E-state index in [2.05, 4.69) is 38.4 Å². The summed E-state index contributed by atoms with van der Waals surface area (Å²) in [7, 11) is 3.18. The van der Waals surface area contributed by atoms with Crippen LogP contribution in [0.2, 0.25) is 0 Å². The van der Waals surface area contributed by atoms with Gasteiger partial charge in [-0.05, 0) is 49.5 Å². The summed E-state index contributed by atoms with van der Waals surface area (Å²) in [6.07, 6.45) is 3.86. The molecule has 0 saturated carbocycles. The number of nitrogens with zero attached hydrogens (tertiary/aromatic N) is 3. The van der Waals surface area contributed by atoms with Crippen LogP contribution >= 0.6 is 11.3 Å². The van der Waals surface area contributed by atoms with E-state index < -0.39 is 0 Å². The molecule has 0 bridgehead atoms. The number of carbonyl (C=O) groups is 1. The third-order valence-corrected chi connectivity index (χ3v) is 7.06. The van der Waals surface area contributed by atoms with E-state index in [0.717, 1.165) is 41.0 Å². The molecule has 1 aromatic carbocycles. The van der Waals surface area contributed by atoms with Crippen LogP contribution in [0.15, 0.2) is 24.3 Å². The molecule has 1 aliphatic heterocycles. The van der Waals surface area contributed by atoms with E-state index in [1.54, 1.807) is 14.2 Å². The Morgan fingerprint density at radius 3 is 2.59 bits per heavy atom. The van der Waals surface area contributed by atoms with E-state index in [0.29, 0.717) is 29.7 Å². The van der Waals surface area contributed by atoms with E-state index >= 15 is 0 Å². The lowest BCUT2D eigenvalue weighted by Gasteiger charge is -2.27. The van der Waals surface area contributed by atoms with Crippen LogP contribution < -0.4 is 10.1 Å². The normalized spacial score (nSPS) is 14.6. The molecule has 0 aliphatic carbocycles. The third-order valence-electron chi connectivity index (χ3n) is 5.88. The molecule has 0 atom stereocenters. The van der Waals surface area contributed by atoms with Crippen molar-refractivity contribution in [1.29, 1.82) is 0 Å². The fourth-order valence-electron chi connectivity index (χ4n) is 4.20. The molecule has 3 aromatic rings. The monoisotopic (exact) mass is 454 g/mol. The number of hydrogen-bond donors (Lipinski definition) is 1. The van der Waals surface area contributed by atoms with Crippen LogP contribution in [0, 0.1) is 6.92 Å². The molecule has 2 aromatic heterocycles. The molecular weight excluding hydrogens is 424 g/mol. The Hall–Kier alpha value is -2.55. The summed E-state index contributed by atoms with van der Waals surface area (Å²) in [6, 6.07) is 8.37. The highest BCUT2D eigenvalue weighted by Gasteiger charge is 2.21. The van der Waals surface area contributed by atoms with Crippen molar-refractivity contribution >= 4 is 27.5 Å². The molecule has 32 heavy (non-hydrogen) atoms. The number of fused-ring (bicyclic) bond motifs is 1. The average molecular weight is 455 g/mol. The summed E-state index contributed by atoms with van der Waals surface area (Å²) in [4.78, 5) is 25.9. The molecule has 4 rings (SSSR count). The second kappa shape index (κ2) is 10.4. The smallest absolute Gasteiger partial charge is 0.261 e. The van der Waals surface area contributed by atoms with Gasteiger partial charge >= 0.3 is 0 Å². The van der Waals surface area contributed by atoms with Crippen molar-refractivity contribution in [3.63, 3.8) is 0 Å². The zero-order chi connectivity index (χ0) is 22.5. The number of hydrogen-bond acceptors (Lipinski definition) is 7. The van der Waals surface area contributed by atoms with Gasteiger partial charge in [-0.25, -0.2) is 4.98 Å². The lowest BCUT2D eigenvalue weighted by atomic mass is 10.0. The first kappa shape index (κ1) is 22.6. The van der Waals surface area contributed by atoms with Gasteiger partial charge in [0.25, 0.3) is 5.91 Å². The molecule has 1 fully saturated rings. The first-order valence-corrected chi connectivity index (χ1v) is 11.8. The summed E-state index contributed by atoms with van der Waals surface area (Å²) in [6.45, 7) is 5.93. The van der Waals surface area contributed by atoms with Gasteiger partial charge in [0.2, 0.25) is 5.88 Å². The third kappa shape index (κ3) is 4.92. The Bertz CT molecular complexity index is 1090. The second-order valence-corrected chi connectivity index (χ2v) is 9.11. The molecule has 3 heterocycles. The fourth-order valence-corrected chi connectivity index (χ4v) is 5.31. The first-order chi connectivity index (χ1) is 15.6. The lowest BCUT2D eigenvalue weighted by Crippen LogP contribution is -2.30. The predicted octanol–water partition coefficient (Wildman–Crippen LogP) is 4.07. The molecule has 8 heteroatoms. The van der Waals surface area contributed by atoms with Crippen molar-refractivity contribution in [3.8, 4) is 5.88 Å². The van der Waals surface area contributed by atoms with Crippen LogP contribution in [0.5, 0.6) is 5.88 Å². The van der Waals surface area contributed by atoms with Gasteiger partial charge in [0.05, 0.1) is 17.4 Å². The number of rotatable bonds is 8. The minimum Gasteiger partial charge on any atom is -0.480 e. The van der Waals surface area contributed by atoms with Gasteiger partial charge in [0.1, 0.15) is 11.4 Å². The molecule has 0 spiro atoms. The summed E-state index contributed by atoms with van der Waals surface area (Å²) < 4.78 is 10.6. The van der Waals surface area contributed by atoms with Crippen molar-refractivity contribution < 1.29 is 14.3 Å². The molecule has 0 radical (unpaired) electrons. The molecular formula is C24H30N4O3S. The predicted molar refractivity (Wildman–Crippen MR) is 126 cm³/mol. The topological polar surface area (TPSA) is 76.6 Å². The van der Waals surface area contributed by atoms with Crippen LogP contribution in [0.25, 0.3) is 10.2 Å². The highest BCUT2D eigenvalue weighted by atomic mass is 32.1. The summed E-state index contributed by atoms with van der Waals surface area (Å²) in [5, 5.41) is 3.90. The van der Waals surface area contributed by atoms with Crippen molar-refractivity contribution in [2.24, 2.45) is 0 Å². The highest BCUT2D eigenvalue weighted by Crippen LogP contribution is 2.35. The standard InChI is InChI=1S/C24H30N4O3S/c1-16-20-23(31-3)26-19(15-30-2)27-24(20)32-21(16)22(29)25-13-17-9-5-6-10-18(17)14-28-11-7-4-8-12-28/h5-6,9-10H,4,7-8,11-15H2,1-3H3,(H,25,29). The Balaban J connectivity index is 1.52. The number of ether oxygens (including phenoxy) is 2. The molecule has 7 nitrogen and oxygen atoms in total. The quantitative estimate of drug-likeness (QED) is 0.553. The number of thiophene rings is 1. The first-order valence-electron chi connectivity index (χ1n) is 11.0. The van der Waals surface area contributed by atoms with Gasteiger partial charge in [0, 0.05) is 20.2 Å². The Morgan fingerprint density at radius 2 is 1.88 bits per heavy atom. The van der Waals surface area contributed by atoms with Gasteiger partial charge in [-0.2, -0.15) is 4.98 Å². The van der Waals surface area contributed by atoms with Crippen molar-refractivity contribution in [3.05, 3.63) is 51.7 Å². The number of aryl methyl sites for hydroxylation is 1. The Kier molecular flexibility index (Phi) is 7.34. The summed E-state index contributed by atoms with van der Waals surface area (Å²) >= 11 is 1.36. The Labute approximate surface area is 192 Å². The van der Waals surface area contributed by atoms with Crippen molar-refractivity contribution in [2.45, 2.75) is 45.9 Å². The van der Waals surface area contributed by atoms with E-state index in [1.807, 2.05) is 13.0 Å². The van der Waals surface area contributed by atoms with Crippen molar-refractivity contribution in [2.75, 3.05) is 27.3 Å². The minimum atomic E-state index is -0.103. The molecule has 1 N–H and O–H groups in total. The van der Waals surface area contributed by atoms with Gasteiger partial charge in [-0.1, -0.05) is 30.7 Å². The molecule has 0 unspecified atom stereocenters. The van der Waals surface area contributed by atoms with Crippen LogP contribution in [-0.2, 0) is 24.4 Å². The number of methoxy groups -OCH3 is 2. The SMILES string of the molecule is COCc1nc(OC)c2c(C)c(C(=O)NCc3ccccc3CN3CCCCC3)sc2n1. The van der Waals surface area contributed by atoms with Crippen molar-refractivity contribution in [1.82, 2.24) is 20.2 Å². The fraction of sp³-hybridized carbons (Fsp3) is 0.458. The average Bonchev–Trinajstić information content (AvgIpc) is 3.15. The maximum absolute atomic E-state index is 13.1. The van der Waals surface area contributed by atoms with Crippen LogP contribution in [0.1, 0.15) is 51.4 Å².